The van der Waals surface area contributed by atoms with Crippen LogP contribution in [0.15, 0.2) is 40.8 Å². The number of hydrogen-bond acceptors (Lipinski definition) is 4. The summed E-state index contributed by atoms with van der Waals surface area (Å²) in [5.74, 6) is 2.93. The van der Waals surface area contributed by atoms with Crippen molar-refractivity contribution >= 4 is 0 Å². The molecule has 1 saturated heterocycles. The summed E-state index contributed by atoms with van der Waals surface area (Å²) in [5, 5.41) is 9.57. The molecule has 130 valence electrons. The molecule has 0 bridgehead atoms. The topological polar surface area (TPSA) is 39.9 Å². The Morgan fingerprint density at radius 2 is 1.83 bits per heavy atom. The minimum absolute atomic E-state index is 0.355. The molecule has 1 fully saturated rings. The van der Waals surface area contributed by atoms with Crippen LogP contribution < -0.4 is 0 Å². The van der Waals surface area contributed by atoms with Gasteiger partial charge in [0.25, 0.3) is 0 Å². The highest BCUT2D eigenvalue weighted by Gasteiger charge is 2.18. The molecule has 2 aromatic rings. The van der Waals surface area contributed by atoms with Crippen LogP contribution in [0.25, 0.3) is 0 Å². The molecule has 1 N–H and O–H groups in total. The SMILES string of the molecule is Cc1ccc([C@@H](C)CCN2CCN(Cc3cccc(O)c3)CC2)o1. The first-order valence-corrected chi connectivity index (χ1v) is 8.89. The molecule has 0 unspecified atom stereocenters. The zero-order valence-electron chi connectivity index (χ0n) is 14.7. The Morgan fingerprint density at radius 3 is 2.50 bits per heavy atom. The Balaban J connectivity index is 1.40. The third kappa shape index (κ3) is 4.62. The van der Waals surface area contributed by atoms with E-state index in [0.717, 1.165) is 57.2 Å². The Labute approximate surface area is 144 Å². The van der Waals surface area contributed by atoms with Gasteiger partial charge in [-0.1, -0.05) is 19.1 Å². The van der Waals surface area contributed by atoms with Gasteiger partial charge in [-0.05, 0) is 49.7 Å². The van der Waals surface area contributed by atoms with E-state index >= 15 is 0 Å². The van der Waals surface area contributed by atoms with Crippen molar-refractivity contribution < 1.29 is 9.52 Å². The fourth-order valence-electron chi connectivity index (χ4n) is 3.32. The van der Waals surface area contributed by atoms with Crippen LogP contribution >= 0.6 is 0 Å². The predicted molar refractivity (Wildman–Crippen MR) is 96.3 cm³/mol. The second-order valence-corrected chi connectivity index (χ2v) is 6.93. The van der Waals surface area contributed by atoms with E-state index < -0.39 is 0 Å². The Bertz CT molecular complexity index is 645. The molecule has 1 aliphatic rings. The number of benzene rings is 1. The molecule has 24 heavy (non-hydrogen) atoms. The van der Waals surface area contributed by atoms with Crippen LogP contribution in [0.1, 0.15) is 36.3 Å². The number of piperazine rings is 1. The number of aryl methyl sites for hydroxylation is 1. The molecule has 1 aromatic carbocycles. The van der Waals surface area contributed by atoms with E-state index in [1.807, 2.05) is 25.1 Å². The van der Waals surface area contributed by atoms with Gasteiger partial charge in [-0.3, -0.25) is 4.90 Å². The number of hydrogen-bond donors (Lipinski definition) is 1. The molecular weight excluding hydrogens is 300 g/mol. The van der Waals surface area contributed by atoms with Gasteiger partial charge >= 0.3 is 0 Å². The van der Waals surface area contributed by atoms with E-state index in [9.17, 15) is 5.11 Å². The summed E-state index contributed by atoms with van der Waals surface area (Å²) >= 11 is 0. The summed E-state index contributed by atoms with van der Waals surface area (Å²) in [7, 11) is 0. The average Bonchev–Trinajstić information content (AvgIpc) is 3.01. The van der Waals surface area contributed by atoms with Gasteiger partial charge in [0.1, 0.15) is 17.3 Å². The molecule has 1 atom stereocenters. The van der Waals surface area contributed by atoms with Crippen LogP contribution in [0.2, 0.25) is 0 Å². The number of rotatable bonds is 6. The standard InChI is InChI=1S/C20H28N2O2/c1-16(20-7-6-17(2)24-20)8-9-21-10-12-22(13-11-21)15-18-4-3-5-19(23)14-18/h3-7,14,16,23H,8-13,15H2,1-2H3/t16-/m0/s1. The normalized spacial score (nSPS) is 17.9. The molecule has 3 rings (SSSR count). The first-order chi connectivity index (χ1) is 11.6. The lowest BCUT2D eigenvalue weighted by atomic mass is 10.0. The van der Waals surface area contributed by atoms with Crippen LogP contribution in [0.5, 0.6) is 5.75 Å². The third-order valence-electron chi connectivity index (χ3n) is 4.91. The lowest BCUT2D eigenvalue weighted by molar-refractivity contribution is 0.124. The molecule has 1 aliphatic heterocycles. The highest BCUT2D eigenvalue weighted by Crippen LogP contribution is 2.22. The maximum Gasteiger partial charge on any atom is 0.115 e. The van der Waals surface area contributed by atoms with Gasteiger partial charge in [0, 0.05) is 38.6 Å². The van der Waals surface area contributed by atoms with Crippen LogP contribution in [-0.4, -0.2) is 47.6 Å². The van der Waals surface area contributed by atoms with E-state index in [-0.39, 0.29) is 0 Å². The van der Waals surface area contributed by atoms with E-state index in [4.69, 9.17) is 4.42 Å². The van der Waals surface area contributed by atoms with Crippen molar-refractivity contribution in [1.29, 1.82) is 0 Å². The van der Waals surface area contributed by atoms with Gasteiger partial charge in [-0.15, -0.1) is 0 Å². The van der Waals surface area contributed by atoms with Crippen molar-refractivity contribution in [2.24, 2.45) is 0 Å². The Kier molecular flexibility index (Phi) is 5.59. The van der Waals surface area contributed by atoms with E-state index in [1.165, 1.54) is 5.56 Å². The second kappa shape index (κ2) is 7.86. The lowest BCUT2D eigenvalue weighted by Crippen LogP contribution is -2.46. The van der Waals surface area contributed by atoms with Gasteiger partial charge in [0.15, 0.2) is 0 Å². The van der Waals surface area contributed by atoms with Crippen LogP contribution in [0.4, 0.5) is 0 Å². The first kappa shape index (κ1) is 17.1. The molecule has 2 heterocycles. The predicted octanol–water partition coefficient (Wildman–Crippen LogP) is 3.61. The van der Waals surface area contributed by atoms with Gasteiger partial charge in [-0.2, -0.15) is 0 Å². The summed E-state index contributed by atoms with van der Waals surface area (Å²) in [4.78, 5) is 5.01. The molecule has 0 saturated carbocycles. The largest absolute Gasteiger partial charge is 0.508 e. The van der Waals surface area contributed by atoms with Crippen molar-refractivity contribution in [3.05, 3.63) is 53.5 Å². The van der Waals surface area contributed by atoms with E-state index in [0.29, 0.717) is 11.7 Å². The third-order valence-corrected chi connectivity index (χ3v) is 4.91. The summed E-state index contributed by atoms with van der Waals surface area (Å²) in [6.45, 7) is 10.7. The van der Waals surface area contributed by atoms with Gasteiger partial charge in [-0.25, -0.2) is 0 Å². The number of nitrogens with zero attached hydrogens (tertiary/aromatic N) is 2. The van der Waals surface area contributed by atoms with Crippen molar-refractivity contribution in [2.45, 2.75) is 32.7 Å². The molecule has 0 radical (unpaired) electrons. The molecule has 1 aromatic heterocycles. The first-order valence-electron chi connectivity index (χ1n) is 8.89. The maximum absolute atomic E-state index is 9.57. The number of phenols is 1. The highest BCUT2D eigenvalue weighted by molar-refractivity contribution is 5.27. The molecule has 0 aliphatic carbocycles. The van der Waals surface area contributed by atoms with Crippen molar-refractivity contribution in [2.75, 3.05) is 32.7 Å². The molecule has 4 heteroatoms. The lowest BCUT2D eigenvalue weighted by Gasteiger charge is -2.35. The molecular formula is C20H28N2O2. The zero-order chi connectivity index (χ0) is 16.9. The Morgan fingerprint density at radius 1 is 1.08 bits per heavy atom. The van der Waals surface area contributed by atoms with Crippen LogP contribution in [0.3, 0.4) is 0 Å². The monoisotopic (exact) mass is 328 g/mol. The van der Waals surface area contributed by atoms with E-state index in [2.05, 4.69) is 28.9 Å². The summed E-state index contributed by atoms with van der Waals surface area (Å²) in [6, 6.07) is 11.7. The molecule has 0 amide bonds. The van der Waals surface area contributed by atoms with Gasteiger partial charge in [0.05, 0.1) is 0 Å². The number of aromatic hydroxyl groups is 1. The maximum atomic E-state index is 9.57. The average molecular weight is 328 g/mol. The molecule has 0 spiro atoms. The van der Waals surface area contributed by atoms with Gasteiger partial charge in [0.2, 0.25) is 0 Å². The van der Waals surface area contributed by atoms with Gasteiger partial charge < -0.3 is 14.4 Å². The summed E-state index contributed by atoms with van der Waals surface area (Å²) < 4.78 is 5.73. The molecule has 4 nitrogen and oxygen atoms in total. The number of phenolic OH excluding ortho intramolecular Hbond substituents is 1. The minimum Gasteiger partial charge on any atom is -0.508 e. The van der Waals surface area contributed by atoms with Crippen molar-refractivity contribution in [3.8, 4) is 5.75 Å². The fraction of sp³-hybridized carbons (Fsp3) is 0.500. The van der Waals surface area contributed by atoms with Crippen LogP contribution in [-0.2, 0) is 6.54 Å². The number of furan rings is 1. The second-order valence-electron chi connectivity index (χ2n) is 6.93. The fourth-order valence-corrected chi connectivity index (χ4v) is 3.32. The Hall–Kier alpha value is -1.78. The quantitative estimate of drug-likeness (QED) is 0.879. The van der Waals surface area contributed by atoms with Crippen molar-refractivity contribution in [3.63, 3.8) is 0 Å². The summed E-state index contributed by atoms with van der Waals surface area (Å²) in [5.41, 5.74) is 1.19. The van der Waals surface area contributed by atoms with Crippen molar-refractivity contribution in [1.82, 2.24) is 9.80 Å². The zero-order valence-corrected chi connectivity index (χ0v) is 14.7. The summed E-state index contributed by atoms with van der Waals surface area (Å²) in [6.07, 6.45) is 1.14. The smallest absolute Gasteiger partial charge is 0.115 e. The highest BCUT2D eigenvalue weighted by atomic mass is 16.3. The van der Waals surface area contributed by atoms with Crippen LogP contribution in [0, 0.1) is 6.92 Å². The minimum atomic E-state index is 0.355. The van der Waals surface area contributed by atoms with E-state index in [1.54, 1.807) is 6.07 Å².